The zero-order valence-corrected chi connectivity index (χ0v) is 16.0. The molecule has 0 radical (unpaired) electrons. The van der Waals surface area contributed by atoms with E-state index in [-0.39, 0.29) is 11.4 Å². The molecule has 2 aromatic rings. The molecule has 148 valence electrons. The minimum atomic E-state index is -0.852. The SMILES string of the molecule is CCc1ccc(NC(=O)C(=O)NCCCN(C)c2ccccc2)cc1[N+](=O)[O-]. The van der Waals surface area contributed by atoms with E-state index in [4.69, 9.17) is 0 Å². The lowest BCUT2D eigenvalue weighted by Crippen LogP contribution is -2.36. The maximum atomic E-state index is 12.0. The third kappa shape index (κ3) is 5.80. The summed E-state index contributed by atoms with van der Waals surface area (Å²) in [6.45, 7) is 2.87. The van der Waals surface area contributed by atoms with Gasteiger partial charge in [-0.1, -0.05) is 31.2 Å². The van der Waals surface area contributed by atoms with Gasteiger partial charge in [0.1, 0.15) is 0 Å². The number of carbonyl (C=O) groups excluding carboxylic acids is 2. The first-order valence-electron chi connectivity index (χ1n) is 9.05. The van der Waals surface area contributed by atoms with Crippen LogP contribution in [-0.2, 0) is 16.0 Å². The molecule has 0 bridgehead atoms. The van der Waals surface area contributed by atoms with Crippen LogP contribution in [0.1, 0.15) is 18.9 Å². The summed E-state index contributed by atoms with van der Waals surface area (Å²) in [5, 5.41) is 16.0. The van der Waals surface area contributed by atoms with Crippen LogP contribution in [0.25, 0.3) is 0 Å². The molecule has 2 rings (SSSR count). The van der Waals surface area contributed by atoms with Crippen LogP contribution in [0, 0.1) is 10.1 Å². The average Bonchev–Trinajstić information content (AvgIpc) is 2.71. The molecular weight excluding hydrogens is 360 g/mol. The van der Waals surface area contributed by atoms with Crippen molar-refractivity contribution in [2.75, 3.05) is 30.4 Å². The third-order valence-corrected chi connectivity index (χ3v) is 4.28. The average molecular weight is 384 g/mol. The number of nitro groups is 1. The fourth-order valence-corrected chi connectivity index (χ4v) is 2.71. The molecule has 2 aromatic carbocycles. The van der Waals surface area contributed by atoms with E-state index in [9.17, 15) is 19.7 Å². The molecule has 2 N–H and O–H groups in total. The van der Waals surface area contributed by atoms with Crippen LogP contribution < -0.4 is 15.5 Å². The number of nitro benzene ring substituents is 1. The summed E-state index contributed by atoms with van der Waals surface area (Å²) in [4.78, 5) is 36.6. The number of anilines is 2. The lowest BCUT2D eigenvalue weighted by atomic mass is 10.1. The number of nitrogens with zero attached hydrogens (tertiary/aromatic N) is 2. The number of aryl methyl sites for hydroxylation is 1. The largest absolute Gasteiger partial charge is 0.375 e. The van der Waals surface area contributed by atoms with E-state index in [1.807, 2.05) is 44.3 Å². The normalized spacial score (nSPS) is 10.2. The number of carbonyl (C=O) groups is 2. The highest BCUT2D eigenvalue weighted by Crippen LogP contribution is 2.23. The van der Waals surface area contributed by atoms with Crippen molar-refractivity contribution in [3.63, 3.8) is 0 Å². The standard InChI is InChI=1S/C20H24N4O4/c1-3-15-10-11-16(14-18(15)24(27)28)22-20(26)19(25)21-12-7-13-23(2)17-8-5-4-6-9-17/h4-6,8-11,14H,3,7,12-13H2,1-2H3,(H,21,25)(H,22,26). The van der Waals surface area contributed by atoms with Crippen LogP contribution >= 0.6 is 0 Å². The highest BCUT2D eigenvalue weighted by Gasteiger charge is 2.17. The Labute approximate surface area is 163 Å². The number of rotatable bonds is 8. The fraction of sp³-hybridized carbons (Fsp3) is 0.300. The highest BCUT2D eigenvalue weighted by atomic mass is 16.6. The van der Waals surface area contributed by atoms with Gasteiger partial charge in [0.15, 0.2) is 0 Å². The van der Waals surface area contributed by atoms with Crippen molar-refractivity contribution < 1.29 is 14.5 Å². The predicted molar refractivity (Wildman–Crippen MR) is 108 cm³/mol. The van der Waals surface area contributed by atoms with Crippen molar-refractivity contribution in [1.82, 2.24) is 5.32 Å². The van der Waals surface area contributed by atoms with E-state index in [2.05, 4.69) is 15.5 Å². The zero-order chi connectivity index (χ0) is 20.5. The Kier molecular flexibility index (Phi) is 7.50. The Morgan fingerprint density at radius 1 is 1.11 bits per heavy atom. The Balaban J connectivity index is 1.81. The molecule has 0 saturated carbocycles. The van der Waals surface area contributed by atoms with Gasteiger partial charge < -0.3 is 15.5 Å². The molecule has 2 amide bonds. The summed E-state index contributed by atoms with van der Waals surface area (Å²) in [6.07, 6.45) is 1.17. The molecule has 0 aromatic heterocycles. The topological polar surface area (TPSA) is 105 Å². The summed E-state index contributed by atoms with van der Waals surface area (Å²) >= 11 is 0. The van der Waals surface area contributed by atoms with Crippen molar-refractivity contribution in [3.05, 3.63) is 64.2 Å². The Morgan fingerprint density at radius 3 is 2.46 bits per heavy atom. The number of nitrogens with one attached hydrogen (secondary N) is 2. The monoisotopic (exact) mass is 384 g/mol. The van der Waals surface area contributed by atoms with Crippen LogP contribution in [0.5, 0.6) is 0 Å². The van der Waals surface area contributed by atoms with Crippen LogP contribution in [0.2, 0.25) is 0 Å². The number of para-hydroxylation sites is 1. The van der Waals surface area contributed by atoms with E-state index in [1.54, 1.807) is 12.1 Å². The van der Waals surface area contributed by atoms with Gasteiger partial charge in [-0.05, 0) is 31.0 Å². The number of hydrogen-bond donors (Lipinski definition) is 2. The molecule has 28 heavy (non-hydrogen) atoms. The predicted octanol–water partition coefficient (Wildman–Crippen LogP) is 2.74. The molecule has 0 spiro atoms. The first kappa shape index (κ1) is 20.9. The van der Waals surface area contributed by atoms with Crippen LogP contribution in [0.3, 0.4) is 0 Å². The van der Waals surface area contributed by atoms with Gasteiger partial charge in [0.05, 0.1) is 4.92 Å². The van der Waals surface area contributed by atoms with Crippen molar-refractivity contribution in [1.29, 1.82) is 0 Å². The maximum Gasteiger partial charge on any atom is 0.313 e. The summed E-state index contributed by atoms with van der Waals surface area (Å²) in [5.41, 5.74) is 1.77. The molecule has 0 aliphatic rings. The minimum absolute atomic E-state index is 0.0790. The zero-order valence-electron chi connectivity index (χ0n) is 16.0. The Bertz CT molecular complexity index is 839. The minimum Gasteiger partial charge on any atom is -0.375 e. The number of benzene rings is 2. The van der Waals surface area contributed by atoms with Crippen molar-refractivity contribution in [3.8, 4) is 0 Å². The van der Waals surface area contributed by atoms with Gasteiger partial charge in [-0.25, -0.2) is 0 Å². The van der Waals surface area contributed by atoms with E-state index in [0.717, 1.165) is 12.2 Å². The van der Waals surface area contributed by atoms with Gasteiger partial charge in [0.25, 0.3) is 5.69 Å². The third-order valence-electron chi connectivity index (χ3n) is 4.28. The molecule has 0 fully saturated rings. The van der Waals surface area contributed by atoms with Gasteiger partial charge in [0.2, 0.25) is 0 Å². The number of hydrogen-bond acceptors (Lipinski definition) is 5. The lowest BCUT2D eigenvalue weighted by Gasteiger charge is -2.19. The van der Waals surface area contributed by atoms with Gasteiger partial charge >= 0.3 is 11.8 Å². The van der Waals surface area contributed by atoms with E-state index in [1.165, 1.54) is 6.07 Å². The van der Waals surface area contributed by atoms with Crippen LogP contribution in [0.15, 0.2) is 48.5 Å². The summed E-state index contributed by atoms with van der Waals surface area (Å²) < 4.78 is 0. The summed E-state index contributed by atoms with van der Waals surface area (Å²) in [7, 11) is 1.96. The second-order valence-electron chi connectivity index (χ2n) is 6.27. The summed E-state index contributed by atoms with van der Waals surface area (Å²) in [5.74, 6) is -1.63. The van der Waals surface area contributed by atoms with Gasteiger partial charge in [-0.2, -0.15) is 0 Å². The second-order valence-corrected chi connectivity index (χ2v) is 6.27. The molecular formula is C20H24N4O4. The van der Waals surface area contributed by atoms with Crippen molar-refractivity contribution in [2.24, 2.45) is 0 Å². The molecule has 0 aliphatic heterocycles. The fourth-order valence-electron chi connectivity index (χ4n) is 2.71. The van der Waals surface area contributed by atoms with Crippen molar-refractivity contribution in [2.45, 2.75) is 19.8 Å². The van der Waals surface area contributed by atoms with Gasteiger partial charge in [-0.3, -0.25) is 19.7 Å². The molecule has 0 unspecified atom stereocenters. The first-order valence-corrected chi connectivity index (χ1v) is 9.05. The second kappa shape index (κ2) is 10.1. The van der Waals surface area contributed by atoms with E-state index < -0.39 is 16.7 Å². The molecule has 8 heteroatoms. The molecule has 0 atom stereocenters. The first-order chi connectivity index (χ1) is 13.4. The quantitative estimate of drug-likeness (QED) is 0.315. The van der Waals surface area contributed by atoms with Gasteiger partial charge in [-0.15, -0.1) is 0 Å². The Hall–Kier alpha value is -3.42. The van der Waals surface area contributed by atoms with Gasteiger partial charge in [0, 0.05) is 43.1 Å². The highest BCUT2D eigenvalue weighted by molar-refractivity contribution is 6.39. The van der Waals surface area contributed by atoms with Crippen LogP contribution in [0.4, 0.5) is 17.1 Å². The number of amides is 2. The van der Waals surface area contributed by atoms with Crippen LogP contribution in [-0.4, -0.2) is 36.9 Å². The Morgan fingerprint density at radius 2 is 1.82 bits per heavy atom. The molecule has 0 saturated heterocycles. The summed E-state index contributed by atoms with van der Waals surface area (Å²) in [6, 6.07) is 14.2. The molecule has 8 nitrogen and oxygen atoms in total. The maximum absolute atomic E-state index is 12.0. The smallest absolute Gasteiger partial charge is 0.313 e. The van der Waals surface area contributed by atoms with Crippen molar-refractivity contribution >= 4 is 28.9 Å². The molecule has 0 heterocycles. The molecule has 0 aliphatic carbocycles. The lowest BCUT2D eigenvalue weighted by molar-refractivity contribution is -0.385. The van der Waals surface area contributed by atoms with E-state index in [0.29, 0.717) is 24.9 Å². The van der Waals surface area contributed by atoms with E-state index >= 15 is 0 Å².